The van der Waals surface area contributed by atoms with Crippen molar-refractivity contribution in [3.05, 3.63) is 48.6 Å². The zero-order valence-electron chi connectivity index (χ0n) is 48.9. The van der Waals surface area contributed by atoms with Crippen molar-refractivity contribution in [1.82, 2.24) is 0 Å². The maximum absolute atomic E-state index is 12.8. The summed E-state index contributed by atoms with van der Waals surface area (Å²) in [6.07, 6.45) is 77.4. The molecule has 73 heavy (non-hydrogen) atoms. The molecule has 0 aromatic carbocycles. The van der Waals surface area contributed by atoms with Gasteiger partial charge in [0.2, 0.25) is 0 Å². The molecule has 6 heteroatoms. The molecule has 0 radical (unpaired) electrons. The second-order valence-electron chi connectivity index (χ2n) is 21.7. The van der Waals surface area contributed by atoms with Gasteiger partial charge in [-0.05, 0) is 83.5 Å². The summed E-state index contributed by atoms with van der Waals surface area (Å²) in [5, 5.41) is 0. The summed E-state index contributed by atoms with van der Waals surface area (Å²) < 4.78 is 16.8. The zero-order chi connectivity index (χ0) is 52.9. The van der Waals surface area contributed by atoms with Crippen LogP contribution in [0, 0.1) is 0 Å². The normalized spacial score (nSPS) is 12.3. The molecule has 0 rings (SSSR count). The van der Waals surface area contributed by atoms with Crippen LogP contribution in [0.25, 0.3) is 0 Å². The monoisotopic (exact) mass is 1020 g/mol. The summed E-state index contributed by atoms with van der Waals surface area (Å²) in [4.78, 5) is 37.9. The highest BCUT2D eigenvalue weighted by Crippen LogP contribution is 2.17. The Morgan fingerprint density at radius 1 is 0.274 bits per heavy atom. The lowest BCUT2D eigenvalue weighted by atomic mass is 10.0. The molecular weight excluding hydrogens is 901 g/mol. The van der Waals surface area contributed by atoms with Gasteiger partial charge in [0.15, 0.2) is 6.10 Å². The van der Waals surface area contributed by atoms with Crippen LogP contribution in [0.3, 0.4) is 0 Å². The van der Waals surface area contributed by atoms with Crippen molar-refractivity contribution in [3.63, 3.8) is 0 Å². The van der Waals surface area contributed by atoms with Crippen LogP contribution < -0.4 is 0 Å². The van der Waals surface area contributed by atoms with Gasteiger partial charge in [-0.25, -0.2) is 0 Å². The number of unbranched alkanes of at least 4 members (excludes halogenated alkanes) is 40. The fourth-order valence-corrected chi connectivity index (χ4v) is 9.45. The molecule has 0 aliphatic carbocycles. The minimum Gasteiger partial charge on any atom is -0.462 e. The van der Waals surface area contributed by atoms with Crippen molar-refractivity contribution in [2.24, 2.45) is 0 Å². The molecule has 0 aliphatic rings. The Kier molecular flexibility index (Phi) is 59.7. The number of ether oxygens (including phenoxy) is 3. The number of hydrogen-bond donors (Lipinski definition) is 0. The third-order valence-electron chi connectivity index (χ3n) is 14.3. The molecule has 0 amide bonds. The highest BCUT2D eigenvalue weighted by Gasteiger charge is 2.19. The second-order valence-corrected chi connectivity index (χ2v) is 21.7. The van der Waals surface area contributed by atoms with E-state index in [2.05, 4.69) is 69.4 Å². The lowest BCUT2D eigenvalue weighted by Crippen LogP contribution is -2.30. The Labute approximate surface area is 454 Å². The molecule has 0 aromatic heterocycles. The van der Waals surface area contributed by atoms with Crippen LogP contribution in [-0.4, -0.2) is 37.2 Å². The summed E-state index contributed by atoms with van der Waals surface area (Å²) in [5.74, 6) is -0.869. The van der Waals surface area contributed by atoms with Crippen molar-refractivity contribution in [2.75, 3.05) is 13.2 Å². The first kappa shape index (κ1) is 70.4. The SMILES string of the molecule is CCCCCCC/C=C\C/C=C\CCCCCCCCCCCCCCCC(=O)OCC(COC(=O)CCCCCCC)OC(=O)CCCCCCCCCCCCCCC/C=C\C/C=C\CCCCCCC. The molecule has 0 fully saturated rings. The van der Waals surface area contributed by atoms with Crippen LogP contribution in [0.5, 0.6) is 0 Å². The predicted molar refractivity (Wildman–Crippen MR) is 316 cm³/mol. The number of hydrogen-bond acceptors (Lipinski definition) is 6. The van der Waals surface area contributed by atoms with Gasteiger partial charge in [0.05, 0.1) is 0 Å². The van der Waals surface area contributed by atoms with E-state index in [4.69, 9.17) is 14.2 Å². The molecule has 0 aliphatic heterocycles. The molecule has 0 N–H and O–H groups in total. The van der Waals surface area contributed by atoms with E-state index >= 15 is 0 Å². The molecule has 1 atom stereocenters. The van der Waals surface area contributed by atoms with Crippen LogP contribution in [0.15, 0.2) is 48.6 Å². The van der Waals surface area contributed by atoms with Crippen molar-refractivity contribution >= 4 is 17.9 Å². The molecule has 1 unspecified atom stereocenters. The van der Waals surface area contributed by atoms with Crippen LogP contribution in [0.4, 0.5) is 0 Å². The highest BCUT2D eigenvalue weighted by atomic mass is 16.6. The van der Waals surface area contributed by atoms with Gasteiger partial charge in [-0.2, -0.15) is 0 Å². The van der Waals surface area contributed by atoms with Crippen LogP contribution in [-0.2, 0) is 28.6 Å². The van der Waals surface area contributed by atoms with E-state index in [0.29, 0.717) is 19.3 Å². The Hall–Kier alpha value is -2.63. The number of esters is 3. The average molecular weight is 1020 g/mol. The molecule has 0 spiro atoms. The largest absolute Gasteiger partial charge is 0.462 e. The summed E-state index contributed by atoms with van der Waals surface area (Å²) in [5.41, 5.74) is 0. The molecule has 0 bridgehead atoms. The van der Waals surface area contributed by atoms with Gasteiger partial charge in [-0.3, -0.25) is 14.4 Å². The average Bonchev–Trinajstić information content (AvgIpc) is 3.39. The summed E-state index contributed by atoms with van der Waals surface area (Å²) in [7, 11) is 0. The maximum Gasteiger partial charge on any atom is 0.306 e. The fourth-order valence-electron chi connectivity index (χ4n) is 9.45. The van der Waals surface area contributed by atoms with E-state index in [0.717, 1.165) is 77.0 Å². The Morgan fingerprint density at radius 3 is 0.753 bits per heavy atom. The van der Waals surface area contributed by atoms with Crippen molar-refractivity contribution in [1.29, 1.82) is 0 Å². The summed E-state index contributed by atoms with van der Waals surface area (Å²) in [6, 6.07) is 0. The van der Waals surface area contributed by atoms with Crippen LogP contribution in [0.2, 0.25) is 0 Å². The molecule has 0 heterocycles. The van der Waals surface area contributed by atoms with Crippen molar-refractivity contribution < 1.29 is 28.6 Å². The van der Waals surface area contributed by atoms with Gasteiger partial charge in [-0.15, -0.1) is 0 Å². The van der Waals surface area contributed by atoms with Gasteiger partial charge in [-0.1, -0.05) is 288 Å². The van der Waals surface area contributed by atoms with E-state index < -0.39 is 6.10 Å². The molecular formula is C67H122O6. The number of carbonyl (C=O) groups is 3. The van der Waals surface area contributed by atoms with E-state index in [9.17, 15) is 14.4 Å². The Morgan fingerprint density at radius 2 is 0.493 bits per heavy atom. The molecule has 0 aromatic rings. The molecule has 426 valence electrons. The maximum atomic E-state index is 12.8. The minimum atomic E-state index is -0.769. The molecule has 0 saturated heterocycles. The Balaban J connectivity index is 4.01. The van der Waals surface area contributed by atoms with Crippen LogP contribution >= 0.6 is 0 Å². The van der Waals surface area contributed by atoms with Gasteiger partial charge in [0.25, 0.3) is 0 Å². The van der Waals surface area contributed by atoms with E-state index in [-0.39, 0.29) is 31.1 Å². The number of rotatable bonds is 59. The first-order chi connectivity index (χ1) is 36.0. The fraction of sp³-hybridized carbons (Fsp3) is 0.836. The minimum absolute atomic E-state index is 0.0710. The third-order valence-corrected chi connectivity index (χ3v) is 14.3. The van der Waals surface area contributed by atoms with Crippen LogP contribution in [0.1, 0.15) is 342 Å². The standard InChI is InChI=1S/C67H122O6/c1-4-7-10-13-15-17-19-21-23-25-27-29-31-33-35-37-39-41-43-45-47-49-51-54-57-60-66(69)72-63-64(62-71-65(68)59-56-53-12-9-6-3)73-67(70)61-58-55-52-50-48-46-44-42-40-38-36-34-32-30-28-26-24-22-20-18-16-14-11-8-5-2/h19-22,25-28,64H,4-18,23-24,29-63H2,1-3H3/b21-19-,22-20-,27-25-,28-26-. The number of allylic oxidation sites excluding steroid dienone is 8. The first-order valence-corrected chi connectivity index (χ1v) is 32.1. The van der Waals surface area contributed by atoms with E-state index in [1.54, 1.807) is 0 Å². The quantitative estimate of drug-likeness (QED) is 0.0261. The van der Waals surface area contributed by atoms with Crippen molar-refractivity contribution in [2.45, 2.75) is 348 Å². The van der Waals surface area contributed by atoms with Gasteiger partial charge in [0, 0.05) is 19.3 Å². The lowest BCUT2D eigenvalue weighted by molar-refractivity contribution is -0.167. The first-order valence-electron chi connectivity index (χ1n) is 32.1. The van der Waals surface area contributed by atoms with Gasteiger partial charge < -0.3 is 14.2 Å². The molecule has 6 nitrogen and oxygen atoms in total. The summed E-state index contributed by atoms with van der Waals surface area (Å²) >= 11 is 0. The topological polar surface area (TPSA) is 78.9 Å². The van der Waals surface area contributed by atoms with Crippen molar-refractivity contribution in [3.8, 4) is 0 Å². The Bertz CT molecular complexity index is 1270. The van der Waals surface area contributed by atoms with Gasteiger partial charge >= 0.3 is 17.9 Å². The lowest BCUT2D eigenvalue weighted by Gasteiger charge is -2.18. The van der Waals surface area contributed by atoms with E-state index in [1.165, 1.54) is 225 Å². The number of carbonyl (C=O) groups excluding carboxylic acids is 3. The van der Waals surface area contributed by atoms with Gasteiger partial charge in [0.1, 0.15) is 13.2 Å². The summed E-state index contributed by atoms with van der Waals surface area (Å²) in [6.45, 7) is 6.58. The smallest absolute Gasteiger partial charge is 0.306 e. The molecule has 0 saturated carbocycles. The second kappa shape index (κ2) is 61.9. The third kappa shape index (κ3) is 60.1. The highest BCUT2D eigenvalue weighted by molar-refractivity contribution is 5.71. The predicted octanol–water partition coefficient (Wildman–Crippen LogP) is 21.8. The zero-order valence-corrected chi connectivity index (χ0v) is 48.9. The van der Waals surface area contributed by atoms with E-state index in [1.807, 2.05) is 0 Å².